The second-order valence-corrected chi connectivity index (χ2v) is 5.69. The SMILES string of the molecule is Cc1ccc(Oc2nc(CO)cc3ccccc23)c(Br)c1. The van der Waals surface area contributed by atoms with Crippen molar-refractivity contribution in [2.45, 2.75) is 13.5 Å². The molecule has 0 fully saturated rings. The maximum atomic E-state index is 9.35. The number of fused-ring (bicyclic) bond motifs is 1. The van der Waals surface area contributed by atoms with Crippen molar-refractivity contribution in [2.75, 3.05) is 0 Å². The molecule has 3 nitrogen and oxygen atoms in total. The maximum absolute atomic E-state index is 9.35. The Morgan fingerprint density at radius 2 is 1.95 bits per heavy atom. The van der Waals surface area contributed by atoms with Crippen molar-refractivity contribution in [3.8, 4) is 11.6 Å². The summed E-state index contributed by atoms with van der Waals surface area (Å²) in [4.78, 5) is 4.39. The Morgan fingerprint density at radius 1 is 1.14 bits per heavy atom. The molecule has 0 aliphatic heterocycles. The van der Waals surface area contributed by atoms with E-state index in [0.717, 1.165) is 20.8 Å². The number of aryl methyl sites for hydroxylation is 1. The van der Waals surface area contributed by atoms with Crippen molar-refractivity contribution in [1.82, 2.24) is 4.98 Å². The molecule has 0 saturated carbocycles. The minimum absolute atomic E-state index is 0.115. The predicted molar refractivity (Wildman–Crippen MR) is 86.6 cm³/mol. The van der Waals surface area contributed by atoms with Crippen LogP contribution in [0.25, 0.3) is 10.8 Å². The number of pyridine rings is 1. The normalized spacial score (nSPS) is 10.8. The van der Waals surface area contributed by atoms with Crippen LogP contribution in [0.3, 0.4) is 0 Å². The van der Waals surface area contributed by atoms with Crippen molar-refractivity contribution >= 4 is 26.7 Å². The van der Waals surface area contributed by atoms with Gasteiger partial charge >= 0.3 is 0 Å². The summed E-state index contributed by atoms with van der Waals surface area (Å²) in [6.45, 7) is 1.91. The highest BCUT2D eigenvalue weighted by Crippen LogP contribution is 2.33. The van der Waals surface area contributed by atoms with Crippen molar-refractivity contribution < 1.29 is 9.84 Å². The molecule has 1 heterocycles. The summed E-state index contributed by atoms with van der Waals surface area (Å²) < 4.78 is 6.83. The topological polar surface area (TPSA) is 42.4 Å². The van der Waals surface area contributed by atoms with Crippen molar-refractivity contribution in [3.63, 3.8) is 0 Å². The molecule has 106 valence electrons. The smallest absolute Gasteiger partial charge is 0.227 e. The number of hydrogen-bond acceptors (Lipinski definition) is 3. The van der Waals surface area contributed by atoms with Gasteiger partial charge in [-0.25, -0.2) is 4.98 Å². The van der Waals surface area contributed by atoms with Gasteiger partial charge in [-0.3, -0.25) is 0 Å². The third kappa shape index (κ3) is 2.91. The average molecular weight is 344 g/mol. The average Bonchev–Trinajstić information content (AvgIpc) is 2.49. The number of aliphatic hydroxyl groups is 1. The van der Waals surface area contributed by atoms with E-state index in [2.05, 4.69) is 20.9 Å². The number of ether oxygens (including phenoxy) is 1. The van der Waals surface area contributed by atoms with Gasteiger partial charge in [0, 0.05) is 5.39 Å². The predicted octanol–water partition coefficient (Wildman–Crippen LogP) is 4.59. The Balaban J connectivity index is 2.10. The van der Waals surface area contributed by atoms with Gasteiger partial charge in [0.15, 0.2) is 0 Å². The second-order valence-electron chi connectivity index (χ2n) is 4.83. The van der Waals surface area contributed by atoms with E-state index < -0.39 is 0 Å². The number of benzene rings is 2. The number of halogens is 1. The third-order valence-corrected chi connectivity index (χ3v) is 3.83. The zero-order valence-corrected chi connectivity index (χ0v) is 13.1. The number of aliphatic hydroxyl groups excluding tert-OH is 1. The van der Waals surface area contributed by atoms with Gasteiger partial charge in [-0.1, -0.05) is 24.3 Å². The largest absolute Gasteiger partial charge is 0.437 e. The Labute approximate surface area is 131 Å². The highest BCUT2D eigenvalue weighted by atomic mass is 79.9. The summed E-state index contributed by atoms with van der Waals surface area (Å²) in [6.07, 6.45) is 0. The molecule has 0 radical (unpaired) electrons. The molecule has 0 unspecified atom stereocenters. The first kappa shape index (κ1) is 14.0. The molecule has 0 bridgehead atoms. The van der Waals surface area contributed by atoms with E-state index in [1.54, 1.807) is 0 Å². The van der Waals surface area contributed by atoms with Gasteiger partial charge < -0.3 is 9.84 Å². The Kier molecular flexibility index (Phi) is 3.90. The first-order valence-corrected chi connectivity index (χ1v) is 7.40. The second kappa shape index (κ2) is 5.84. The van der Waals surface area contributed by atoms with E-state index in [0.29, 0.717) is 17.3 Å². The van der Waals surface area contributed by atoms with Crippen LogP contribution in [0.5, 0.6) is 11.6 Å². The Hall–Kier alpha value is -1.91. The van der Waals surface area contributed by atoms with Crippen LogP contribution in [0.4, 0.5) is 0 Å². The molecule has 1 N–H and O–H groups in total. The zero-order valence-electron chi connectivity index (χ0n) is 11.5. The van der Waals surface area contributed by atoms with E-state index in [-0.39, 0.29) is 6.61 Å². The number of hydrogen-bond donors (Lipinski definition) is 1. The number of nitrogens with zero attached hydrogens (tertiary/aromatic N) is 1. The van der Waals surface area contributed by atoms with E-state index >= 15 is 0 Å². The molecule has 4 heteroatoms. The zero-order chi connectivity index (χ0) is 14.8. The van der Waals surface area contributed by atoms with Gasteiger partial charge in [-0.2, -0.15) is 0 Å². The van der Waals surface area contributed by atoms with Crippen LogP contribution in [0.1, 0.15) is 11.3 Å². The fourth-order valence-electron chi connectivity index (χ4n) is 2.17. The van der Waals surface area contributed by atoms with Gasteiger partial charge in [-0.05, 0) is 58.1 Å². The van der Waals surface area contributed by atoms with Gasteiger partial charge in [0.2, 0.25) is 5.88 Å². The summed E-state index contributed by atoms with van der Waals surface area (Å²) in [5.74, 6) is 1.20. The summed E-state index contributed by atoms with van der Waals surface area (Å²) >= 11 is 3.50. The molecule has 2 aromatic carbocycles. The van der Waals surface area contributed by atoms with Crippen LogP contribution in [-0.4, -0.2) is 10.1 Å². The van der Waals surface area contributed by atoms with E-state index in [9.17, 15) is 5.11 Å². The molecule has 0 spiro atoms. The highest BCUT2D eigenvalue weighted by molar-refractivity contribution is 9.10. The minimum atomic E-state index is -0.115. The molecule has 0 aliphatic carbocycles. The van der Waals surface area contributed by atoms with Crippen LogP contribution in [0.15, 0.2) is 53.0 Å². The van der Waals surface area contributed by atoms with Crippen LogP contribution in [0.2, 0.25) is 0 Å². The van der Waals surface area contributed by atoms with Crippen molar-refractivity contribution in [2.24, 2.45) is 0 Å². The number of rotatable bonds is 3. The van der Waals surface area contributed by atoms with Gasteiger partial charge in [-0.15, -0.1) is 0 Å². The maximum Gasteiger partial charge on any atom is 0.227 e. The molecule has 0 saturated heterocycles. The summed E-state index contributed by atoms with van der Waals surface area (Å²) in [5.41, 5.74) is 1.74. The van der Waals surface area contributed by atoms with Crippen molar-refractivity contribution in [1.29, 1.82) is 0 Å². The lowest BCUT2D eigenvalue weighted by Gasteiger charge is -2.11. The highest BCUT2D eigenvalue weighted by Gasteiger charge is 2.10. The first-order chi connectivity index (χ1) is 10.2. The lowest BCUT2D eigenvalue weighted by atomic mass is 10.1. The van der Waals surface area contributed by atoms with Crippen LogP contribution < -0.4 is 4.74 Å². The number of aromatic nitrogens is 1. The molecule has 0 aliphatic rings. The van der Waals surface area contributed by atoms with E-state index in [1.807, 2.05) is 55.5 Å². The fourth-order valence-corrected chi connectivity index (χ4v) is 2.75. The molecular formula is C17H14BrNO2. The van der Waals surface area contributed by atoms with E-state index in [4.69, 9.17) is 4.74 Å². The monoisotopic (exact) mass is 343 g/mol. The van der Waals surface area contributed by atoms with Crippen molar-refractivity contribution in [3.05, 3.63) is 64.3 Å². The molecule has 3 rings (SSSR count). The van der Waals surface area contributed by atoms with Crippen LogP contribution >= 0.6 is 15.9 Å². The lowest BCUT2D eigenvalue weighted by molar-refractivity contribution is 0.275. The third-order valence-electron chi connectivity index (χ3n) is 3.21. The molecule has 1 aromatic heterocycles. The first-order valence-electron chi connectivity index (χ1n) is 6.61. The summed E-state index contributed by atoms with van der Waals surface area (Å²) in [7, 11) is 0. The molecule has 21 heavy (non-hydrogen) atoms. The summed E-state index contributed by atoms with van der Waals surface area (Å²) in [5, 5.41) is 11.3. The molecule has 0 atom stereocenters. The van der Waals surface area contributed by atoms with Crippen LogP contribution in [-0.2, 0) is 6.61 Å². The minimum Gasteiger partial charge on any atom is -0.437 e. The lowest BCUT2D eigenvalue weighted by Crippen LogP contribution is -1.95. The Morgan fingerprint density at radius 3 is 2.71 bits per heavy atom. The standard InChI is InChI=1S/C17H14BrNO2/c1-11-6-7-16(15(18)8-11)21-17-14-5-3-2-4-12(14)9-13(10-20)19-17/h2-9,20H,10H2,1H3. The van der Waals surface area contributed by atoms with Crippen LogP contribution in [0, 0.1) is 6.92 Å². The quantitative estimate of drug-likeness (QED) is 0.756. The fraction of sp³-hybridized carbons (Fsp3) is 0.118. The Bertz CT molecular complexity index is 802. The van der Waals surface area contributed by atoms with Gasteiger partial charge in [0.05, 0.1) is 16.8 Å². The molecule has 0 amide bonds. The molecular weight excluding hydrogens is 330 g/mol. The van der Waals surface area contributed by atoms with E-state index in [1.165, 1.54) is 0 Å². The van der Waals surface area contributed by atoms with Gasteiger partial charge in [0.1, 0.15) is 5.75 Å². The van der Waals surface area contributed by atoms with Gasteiger partial charge in [0.25, 0.3) is 0 Å². The molecule has 3 aromatic rings. The summed E-state index contributed by atoms with van der Waals surface area (Å²) in [6, 6.07) is 15.6.